The summed E-state index contributed by atoms with van der Waals surface area (Å²) in [6.07, 6.45) is -5.91. The van der Waals surface area contributed by atoms with Crippen LogP contribution in [0.1, 0.15) is 6.42 Å². The number of aliphatic carboxylic acids is 1. The van der Waals surface area contributed by atoms with Crippen LogP contribution in [-0.4, -0.2) is 54.0 Å². The summed E-state index contributed by atoms with van der Waals surface area (Å²) < 4.78 is 31.7. The van der Waals surface area contributed by atoms with E-state index in [2.05, 4.69) is 10.6 Å². The molecule has 0 saturated carbocycles. The van der Waals surface area contributed by atoms with Crippen LogP contribution in [0, 0.1) is 0 Å². The molecule has 0 atom stereocenters. The predicted octanol–water partition coefficient (Wildman–Crippen LogP) is -0.648. The highest BCUT2D eigenvalue weighted by atomic mass is 19.4. The maximum absolute atomic E-state index is 10.7. The van der Waals surface area contributed by atoms with Crippen molar-refractivity contribution in [3.8, 4) is 0 Å². The first-order valence-corrected chi connectivity index (χ1v) is 4.85. The zero-order valence-electron chi connectivity index (χ0n) is 9.66. The van der Waals surface area contributed by atoms with Crippen LogP contribution < -0.4 is 16.4 Å². The van der Waals surface area contributed by atoms with E-state index in [0.29, 0.717) is 13.1 Å². The van der Waals surface area contributed by atoms with Crippen molar-refractivity contribution in [2.75, 3.05) is 19.6 Å². The van der Waals surface area contributed by atoms with Crippen LogP contribution in [0.25, 0.3) is 0 Å². The van der Waals surface area contributed by atoms with E-state index >= 15 is 0 Å². The molecule has 0 heterocycles. The molecule has 0 rings (SSSR count). The number of rotatable bonds is 5. The average Bonchev–Trinajstić information content (AvgIpc) is 2.24. The molecule has 2 amide bonds. The maximum atomic E-state index is 10.7. The minimum Gasteiger partial charge on any atom is -0.475 e. The number of alkyl halides is 3. The molecule has 0 aromatic rings. The van der Waals surface area contributed by atoms with Gasteiger partial charge in [-0.05, 0) is 0 Å². The van der Waals surface area contributed by atoms with Gasteiger partial charge in [-0.1, -0.05) is 0 Å². The number of carboxylic acids is 1. The Morgan fingerprint density at radius 3 is 1.79 bits per heavy atom. The quantitative estimate of drug-likeness (QED) is 0.426. The van der Waals surface area contributed by atoms with Crippen molar-refractivity contribution in [1.82, 2.24) is 10.6 Å². The Labute approximate surface area is 105 Å². The first-order valence-electron chi connectivity index (χ1n) is 4.85. The Bertz CT molecular complexity index is 308. The Hall–Kier alpha value is -2.04. The molecule has 19 heavy (non-hydrogen) atoms. The summed E-state index contributed by atoms with van der Waals surface area (Å²) in [7, 11) is 0. The number of carboxylic acid groups (broad SMARTS) is 2. The molecule has 0 aromatic carbocycles. The van der Waals surface area contributed by atoms with Gasteiger partial charge in [0.1, 0.15) is 0 Å². The predicted molar refractivity (Wildman–Crippen MR) is 56.4 cm³/mol. The lowest BCUT2D eigenvalue weighted by atomic mass is 10.4. The van der Waals surface area contributed by atoms with Gasteiger partial charge in [0.15, 0.2) is 0 Å². The summed E-state index contributed by atoms with van der Waals surface area (Å²) in [6, 6.07) is 0. The molecule has 8 nitrogen and oxygen atoms in total. The zero-order valence-corrected chi connectivity index (χ0v) is 9.66. The number of carbonyl (C=O) groups is 3. The summed E-state index contributed by atoms with van der Waals surface area (Å²) in [5.41, 5.74) is 5.11. The molecule has 112 valence electrons. The topological polar surface area (TPSA) is 142 Å². The lowest BCUT2D eigenvalue weighted by Gasteiger charge is -2.03. The molecule has 0 aromatic heterocycles. The summed E-state index contributed by atoms with van der Waals surface area (Å²) in [4.78, 5) is 29.5. The fraction of sp³-hybridized carbons (Fsp3) is 0.625. The third kappa shape index (κ3) is 16.0. The van der Waals surface area contributed by atoms with Crippen LogP contribution in [0.4, 0.5) is 18.0 Å². The zero-order chi connectivity index (χ0) is 15.5. The van der Waals surface area contributed by atoms with Crippen molar-refractivity contribution in [1.29, 1.82) is 0 Å². The first-order chi connectivity index (χ1) is 8.61. The molecular weight excluding hydrogens is 275 g/mol. The van der Waals surface area contributed by atoms with Gasteiger partial charge in [0.2, 0.25) is 5.91 Å². The lowest BCUT2D eigenvalue weighted by Crippen LogP contribution is -2.34. The Morgan fingerprint density at radius 2 is 1.47 bits per heavy atom. The van der Waals surface area contributed by atoms with Gasteiger partial charge in [0.05, 0.1) is 0 Å². The molecule has 0 radical (unpaired) electrons. The molecular formula is C8H14F3N3O5. The van der Waals surface area contributed by atoms with Gasteiger partial charge in [-0.25, -0.2) is 9.59 Å². The summed E-state index contributed by atoms with van der Waals surface area (Å²) in [5, 5.41) is 19.9. The van der Waals surface area contributed by atoms with Crippen LogP contribution in [0.5, 0.6) is 0 Å². The van der Waals surface area contributed by atoms with Gasteiger partial charge >= 0.3 is 18.2 Å². The van der Waals surface area contributed by atoms with Gasteiger partial charge in [0, 0.05) is 26.1 Å². The monoisotopic (exact) mass is 289 g/mol. The molecule has 0 aliphatic carbocycles. The SMILES string of the molecule is NCCC(=O)NCCNC(=O)O.O=C(O)C(F)(F)F. The minimum absolute atomic E-state index is 0.162. The number of halogens is 3. The van der Waals surface area contributed by atoms with E-state index < -0.39 is 18.2 Å². The second-order valence-electron chi connectivity index (χ2n) is 2.92. The van der Waals surface area contributed by atoms with E-state index in [4.69, 9.17) is 20.7 Å². The number of carbonyl (C=O) groups excluding carboxylic acids is 1. The van der Waals surface area contributed by atoms with Crippen molar-refractivity contribution >= 4 is 18.0 Å². The molecule has 0 aliphatic rings. The molecule has 0 fully saturated rings. The van der Waals surface area contributed by atoms with Crippen LogP contribution in [0.2, 0.25) is 0 Å². The van der Waals surface area contributed by atoms with E-state index in [9.17, 15) is 22.8 Å². The molecule has 0 unspecified atom stereocenters. The highest BCUT2D eigenvalue weighted by Crippen LogP contribution is 2.13. The Balaban J connectivity index is 0. The molecule has 0 aliphatic heterocycles. The van der Waals surface area contributed by atoms with Crippen LogP contribution in [-0.2, 0) is 9.59 Å². The van der Waals surface area contributed by atoms with Crippen molar-refractivity contribution < 1.29 is 37.8 Å². The van der Waals surface area contributed by atoms with E-state index in [1.54, 1.807) is 0 Å². The normalized spacial score (nSPS) is 9.89. The van der Waals surface area contributed by atoms with Gasteiger partial charge < -0.3 is 26.6 Å². The highest BCUT2D eigenvalue weighted by Gasteiger charge is 2.38. The average molecular weight is 289 g/mol. The third-order valence-electron chi connectivity index (χ3n) is 1.34. The summed E-state index contributed by atoms with van der Waals surface area (Å²) in [6.45, 7) is 0.814. The molecule has 0 bridgehead atoms. The number of nitrogens with two attached hydrogens (primary N) is 1. The van der Waals surface area contributed by atoms with Gasteiger partial charge in [-0.2, -0.15) is 13.2 Å². The van der Waals surface area contributed by atoms with Gasteiger partial charge in [-0.3, -0.25) is 4.79 Å². The Kier molecular flexibility index (Phi) is 10.1. The number of hydrogen-bond donors (Lipinski definition) is 5. The molecule has 0 spiro atoms. The fourth-order valence-electron chi connectivity index (χ4n) is 0.591. The van der Waals surface area contributed by atoms with E-state index in [0.717, 1.165) is 0 Å². The fourth-order valence-corrected chi connectivity index (χ4v) is 0.591. The highest BCUT2D eigenvalue weighted by molar-refractivity contribution is 5.76. The summed E-state index contributed by atoms with van der Waals surface area (Å²) in [5.74, 6) is -2.92. The standard InChI is InChI=1S/C6H13N3O3.C2HF3O2/c7-2-1-5(10)8-3-4-9-6(11)12;3-2(4,5)1(6)7/h9H,1-4,7H2,(H,8,10)(H,11,12);(H,6,7). The number of hydrogen-bond acceptors (Lipinski definition) is 4. The number of amides is 2. The second-order valence-corrected chi connectivity index (χ2v) is 2.92. The van der Waals surface area contributed by atoms with Crippen molar-refractivity contribution in [3.63, 3.8) is 0 Å². The Morgan fingerprint density at radius 1 is 1.05 bits per heavy atom. The van der Waals surface area contributed by atoms with Crippen LogP contribution in [0.3, 0.4) is 0 Å². The van der Waals surface area contributed by atoms with Gasteiger partial charge in [0.25, 0.3) is 0 Å². The molecule has 11 heteroatoms. The van der Waals surface area contributed by atoms with E-state index in [-0.39, 0.29) is 18.9 Å². The number of nitrogens with one attached hydrogen (secondary N) is 2. The van der Waals surface area contributed by atoms with Crippen LogP contribution >= 0.6 is 0 Å². The van der Waals surface area contributed by atoms with Crippen molar-refractivity contribution in [2.24, 2.45) is 5.73 Å². The lowest BCUT2D eigenvalue weighted by molar-refractivity contribution is -0.192. The third-order valence-corrected chi connectivity index (χ3v) is 1.34. The van der Waals surface area contributed by atoms with Crippen LogP contribution in [0.15, 0.2) is 0 Å². The van der Waals surface area contributed by atoms with Crippen molar-refractivity contribution in [2.45, 2.75) is 12.6 Å². The second kappa shape index (κ2) is 9.94. The van der Waals surface area contributed by atoms with Gasteiger partial charge in [-0.15, -0.1) is 0 Å². The van der Waals surface area contributed by atoms with E-state index in [1.807, 2.05) is 0 Å². The summed E-state index contributed by atoms with van der Waals surface area (Å²) >= 11 is 0. The van der Waals surface area contributed by atoms with Crippen molar-refractivity contribution in [3.05, 3.63) is 0 Å². The van der Waals surface area contributed by atoms with E-state index in [1.165, 1.54) is 0 Å². The molecule has 0 saturated heterocycles. The molecule has 6 N–H and O–H groups in total. The minimum atomic E-state index is -5.08. The smallest absolute Gasteiger partial charge is 0.475 e. The largest absolute Gasteiger partial charge is 0.490 e. The first kappa shape index (κ1) is 19.3. The maximum Gasteiger partial charge on any atom is 0.490 e.